The Labute approximate surface area is 181 Å². The monoisotopic (exact) mass is 425 g/mol. The lowest BCUT2D eigenvalue weighted by atomic mass is 10.1. The van der Waals surface area contributed by atoms with Gasteiger partial charge in [-0.25, -0.2) is 4.68 Å². The Balaban J connectivity index is 1.84. The molecule has 0 saturated carbocycles. The Morgan fingerprint density at radius 2 is 1.77 bits per heavy atom. The third kappa shape index (κ3) is 3.87. The van der Waals surface area contributed by atoms with Gasteiger partial charge in [-0.2, -0.15) is 5.10 Å². The van der Waals surface area contributed by atoms with Crippen LogP contribution in [0.15, 0.2) is 48.5 Å². The number of carbonyl (C=O) groups excluding carboxylic acids is 1. The number of ether oxygens (including phenoxy) is 2. The highest BCUT2D eigenvalue weighted by Gasteiger charge is 2.25. The fraction of sp³-hybridized carbons (Fsp3) is 0.304. The fourth-order valence-electron chi connectivity index (χ4n) is 3.74. The average molecular weight is 426 g/mol. The third-order valence-corrected chi connectivity index (χ3v) is 5.66. The zero-order valence-corrected chi connectivity index (χ0v) is 17.9. The summed E-state index contributed by atoms with van der Waals surface area (Å²) >= 11 is 6.45. The number of aromatic nitrogens is 2. The summed E-state index contributed by atoms with van der Waals surface area (Å²) in [5.74, 6) is 1.27. The molecule has 156 valence electrons. The van der Waals surface area contributed by atoms with Gasteiger partial charge in [-0.05, 0) is 49.6 Å². The van der Waals surface area contributed by atoms with Crippen molar-refractivity contribution in [1.29, 1.82) is 0 Å². The second-order valence-corrected chi connectivity index (χ2v) is 7.60. The lowest BCUT2D eigenvalue weighted by Gasteiger charge is -2.26. The molecule has 1 fully saturated rings. The van der Waals surface area contributed by atoms with E-state index in [1.165, 1.54) is 0 Å². The molecule has 0 unspecified atom stereocenters. The number of amides is 1. The van der Waals surface area contributed by atoms with Crippen molar-refractivity contribution in [2.24, 2.45) is 0 Å². The lowest BCUT2D eigenvalue weighted by molar-refractivity contribution is 0.0715. The highest BCUT2D eigenvalue weighted by Crippen LogP contribution is 2.34. The van der Waals surface area contributed by atoms with Crippen LogP contribution in [-0.2, 0) is 0 Å². The number of nitrogens with zero attached hydrogens (tertiary/aromatic N) is 3. The topological polar surface area (TPSA) is 56.6 Å². The molecule has 0 atom stereocenters. The molecule has 2 aromatic carbocycles. The summed E-state index contributed by atoms with van der Waals surface area (Å²) in [6.45, 7) is 1.52. The van der Waals surface area contributed by atoms with Gasteiger partial charge in [-0.15, -0.1) is 0 Å². The summed E-state index contributed by atoms with van der Waals surface area (Å²) in [5.41, 5.74) is 2.56. The normalized spacial score (nSPS) is 13.9. The van der Waals surface area contributed by atoms with Crippen molar-refractivity contribution in [1.82, 2.24) is 14.7 Å². The van der Waals surface area contributed by atoms with Crippen LogP contribution in [0, 0.1) is 0 Å². The van der Waals surface area contributed by atoms with Crippen LogP contribution in [0.1, 0.15) is 29.8 Å². The molecule has 0 bridgehead atoms. The van der Waals surface area contributed by atoms with Crippen molar-refractivity contribution < 1.29 is 14.3 Å². The van der Waals surface area contributed by atoms with Gasteiger partial charge in [-0.1, -0.05) is 23.7 Å². The Kier molecular flexibility index (Phi) is 5.95. The molecular formula is C23H24ClN3O3. The van der Waals surface area contributed by atoms with Gasteiger partial charge in [0.05, 0.1) is 30.6 Å². The second kappa shape index (κ2) is 8.79. The minimum Gasteiger partial charge on any atom is -0.497 e. The minimum atomic E-state index is -0.0409. The minimum absolute atomic E-state index is 0.0409. The number of likely N-dealkylation sites (tertiary alicyclic amines) is 1. The maximum atomic E-state index is 13.4. The van der Waals surface area contributed by atoms with Gasteiger partial charge in [0.25, 0.3) is 5.91 Å². The molecule has 30 heavy (non-hydrogen) atoms. The average Bonchev–Trinajstić information content (AvgIpc) is 3.23. The summed E-state index contributed by atoms with van der Waals surface area (Å²) < 4.78 is 12.5. The van der Waals surface area contributed by atoms with Crippen LogP contribution in [-0.4, -0.2) is 47.9 Å². The van der Waals surface area contributed by atoms with Crippen molar-refractivity contribution in [3.05, 3.63) is 59.2 Å². The van der Waals surface area contributed by atoms with E-state index >= 15 is 0 Å². The summed E-state index contributed by atoms with van der Waals surface area (Å²) in [5, 5.41) is 5.28. The van der Waals surface area contributed by atoms with Crippen LogP contribution in [0.25, 0.3) is 16.9 Å². The molecule has 3 aromatic rings. The van der Waals surface area contributed by atoms with E-state index in [2.05, 4.69) is 0 Å². The van der Waals surface area contributed by atoms with E-state index in [9.17, 15) is 4.79 Å². The van der Waals surface area contributed by atoms with E-state index in [4.69, 9.17) is 26.2 Å². The smallest absolute Gasteiger partial charge is 0.272 e. The quantitative estimate of drug-likeness (QED) is 0.587. The van der Waals surface area contributed by atoms with Crippen LogP contribution >= 0.6 is 11.6 Å². The second-order valence-electron chi connectivity index (χ2n) is 7.20. The van der Waals surface area contributed by atoms with Gasteiger partial charge >= 0.3 is 0 Å². The molecule has 1 aliphatic heterocycles. The van der Waals surface area contributed by atoms with E-state index in [0.29, 0.717) is 33.6 Å². The van der Waals surface area contributed by atoms with E-state index in [1.54, 1.807) is 31.0 Å². The van der Waals surface area contributed by atoms with Gasteiger partial charge in [0.15, 0.2) is 0 Å². The predicted octanol–water partition coefficient (Wildman–Crippen LogP) is 4.84. The van der Waals surface area contributed by atoms with Gasteiger partial charge < -0.3 is 14.4 Å². The summed E-state index contributed by atoms with van der Waals surface area (Å²) in [7, 11) is 3.21. The number of methoxy groups -OCH3 is 2. The van der Waals surface area contributed by atoms with Gasteiger partial charge in [0.1, 0.15) is 17.2 Å². The molecule has 4 rings (SSSR count). The maximum Gasteiger partial charge on any atom is 0.272 e. The third-order valence-electron chi connectivity index (χ3n) is 5.34. The first-order valence-corrected chi connectivity index (χ1v) is 10.4. The summed E-state index contributed by atoms with van der Waals surface area (Å²) in [6, 6.07) is 14.7. The molecule has 2 heterocycles. The van der Waals surface area contributed by atoms with E-state index in [0.717, 1.165) is 37.9 Å². The molecule has 1 saturated heterocycles. The maximum absolute atomic E-state index is 13.4. The fourth-order valence-corrected chi connectivity index (χ4v) is 3.96. The zero-order valence-electron chi connectivity index (χ0n) is 17.1. The number of benzene rings is 2. The Morgan fingerprint density at radius 3 is 2.47 bits per heavy atom. The molecule has 0 spiro atoms. The highest BCUT2D eigenvalue weighted by molar-refractivity contribution is 6.32. The number of halogens is 1. The summed E-state index contributed by atoms with van der Waals surface area (Å²) in [4.78, 5) is 15.3. The van der Waals surface area contributed by atoms with Crippen molar-refractivity contribution >= 4 is 17.5 Å². The molecule has 1 amide bonds. The SMILES string of the molecule is COc1ccc(-c2cc(C(=O)N3CCCCC3)n(-c3ccccc3Cl)n2)c(OC)c1. The molecule has 1 aromatic heterocycles. The molecule has 0 radical (unpaired) electrons. The summed E-state index contributed by atoms with van der Waals surface area (Å²) in [6.07, 6.45) is 3.19. The first kappa shape index (κ1) is 20.3. The van der Waals surface area contributed by atoms with E-state index in [1.807, 2.05) is 41.3 Å². The van der Waals surface area contributed by atoms with Crippen LogP contribution in [0.2, 0.25) is 5.02 Å². The number of para-hydroxylation sites is 1. The van der Waals surface area contributed by atoms with E-state index in [-0.39, 0.29) is 5.91 Å². The van der Waals surface area contributed by atoms with Crippen molar-refractivity contribution in [2.75, 3.05) is 27.3 Å². The van der Waals surface area contributed by atoms with Crippen molar-refractivity contribution in [3.8, 4) is 28.4 Å². The van der Waals surface area contributed by atoms with Crippen molar-refractivity contribution in [3.63, 3.8) is 0 Å². The Hall–Kier alpha value is -2.99. The number of piperidine rings is 1. The molecule has 1 aliphatic rings. The number of carbonyl (C=O) groups is 1. The first-order chi connectivity index (χ1) is 14.6. The largest absolute Gasteiger partial charge is 0.497 e. The van der Waals surface area contributed by atoms with Gasteiger partial charge in [0, 0.05) is 24.7 Å². The van der Waals surface area contributed by atoms with Crippen LogP contribution in [0.5, 0.6) is 11.5 Å². The van der Waals surface area contributed by atoms with Gasteiger partial charge in [-0.3, -0.25) is 4.79 Å². The van der Waals surface area contributed by atoms with Crippen LogP contribution in [0.4, 0.5) is 0 Å². The predicted molar refractivity (Wildman–Crippen MR) is 117 cm³/mol. The number of hydrogen-bond donors (Lipinski definition) is 0. The molecule has 0 aliphatic carbocycles. The van der Waals surface area contributed by atoms with Crippen LogP contribution < -0.4 is 9.47 Å². The lowest BCUT2D eigenvalue weighted by Crippen LogP contribution is -2.36. The number of rotatable bonds is 5. The number of hydrogen-bond acceptors (Lipinski definition) is 4. The van der Waals surface area contributed by atoms with E-state index < -0.39 is 0 Å². The van der Waals surface area contributed by atoms with Crippen LogP contribution in [0.3, 0.4) is 0 Å². The molecule has 6 nitrogen and oxygen atoms in total. The van der Waals surface area contributed by atoms with Gasteiger partial charge in [0.2, 0.25) is 0 Å². The molecule has 7 heteroatoms. The Morgan fingerprint density at radius 1 is 1.00 bits per heavy atom. The highest BCUT2D eigenvalue weighted by atomic mass is 35.5. The van der Waals surface area contributed by atoms with Crippen molar-refractivity contribution in [2.45, 2.75) is 19.3 Å². The molecular weight excluding hydrogens is 402 g/mol. The Bertz CT molecular complexity index is 1060. The zero-order chi connectivity index (χ0) is 21.1. The standard InChI is InChI=1S/C23H24ClN3O3/c1-29-16-10-11-17(22(14-16)30-2)19-15-21(23(28)26-12-6-3-7-13-26)27(25-19)20-9-5-4-8-18(20)24/h4-5,8-11,14-15H,3,6-7,12-13H2,1-2H3. The molecule has 0 N–H and O–H groups in total. The first-order valence-electron chi connectivity index (χ1n) is 9.99.